The van der Waals surface area contributed by atoms with E-state index in [4.69, 9.17) is 5.73 Å². The second kappa shape index (κ2) is 4.31. The molecule has 1 aromatic carbocycles. The minimum atomic E-state index is -2.83. The highest BCUT2D eigenvalue weighted by atomic mass is 19.3. The highest BCUT2D eigenvalue weighted by Gasteiger charge is 2.52. The molecule has 0 aromatic heterocycles. The van der Waals surface area contributed by atoms with Gasteiger partial charge in [-0.15, -0.1) is 0 Å². The van der Waals surface area contributed by atoms with Gasteiger partial charge in [-0.1, -0.05) is 30.3 Å². The van der Waals surface area contributed by atoms with Crippen molar-refractivity contribution in [3.8, 4) is 0 Å². The predicted molar refractivity (Wildman–Crippen MR) is 61.8 cm³/mol. The first kappa shape index (κ1) is 13.0. The lowest BCUT2D eigenvalue weighted by Crippen LogP contribution is -2.46. The molecule has 3 N–H and O–H groups in total. The van der Waals surface area contributed by atoms with Crippen LogP contribution in [0.2, 0.25) is 0 Å². The summed E-state index contributed by atoms with van der Waals surface area (Å²) in [5, 5.41) is 10.5. The highest BCUT2D eigenvalue weighted by Crippen LogP contribution is 2.47. The molecule has 1 aliphatic carbocycles. The molecule has 2 unspecified atom stereocenters. The van der Waals surface area contributed by atoms with Crippen LogP contribution in [0.4, 0.5) is 8.78 Å². The summed E-state index contributed by atoms with van der Waals surface area (Å²) in [5.74, 6) is -4.65. The van der Waals surface area contributed by atoms with Crippen LogP contribution < -0.4 is 5.73 Å². The topological polar surface area (TPSA) is 63.3 Å². The number of hydrogen-bond acceptors (Lipinski definition) is 2. The standard InChI is InChI=1S/C13H15F2NO2/c14-12(15)7-6-10(8-12)13(18,11(16)17)9-4-2-1-3-5-9/h1-5,10,18H,6-8H2,(H2,16,17). The van der Waals surface area contributed by atoms with Crippen LogP contribution in [0.3, 0.4) is 0 Å². The quantitative estimate of drug-likeness (QED) is 0.865. The maximum Gasteiger partial charge on any atom is 0.254 e. The van der Waals surface area contributed by atoms with Crippen LogP contribution in [-0.2, 0) is 10.4 Å². The van der Waals surface area contributed by atoms with E-state index < -0.39 is 29.8 Å². The molecule has 0 radical (unpaired) electrons. The number of aliphatic hydroxyl groups is 1. The Labute approximate surface area is 104 Å². The molecule has 0 spiro atoms. The number of halogens is 2. The van der Waals surface area contributed by atoms with Crippen LogP contribution in [0.5, 0.6) is 0 Å². The van der Waals surface area contributed by atoms with Crippen molar-refractivity contribution in [2.45, 2.75) is 30.8 Å². The third-order valence-corrected chi connectivity index (χ3v) is 3.58. The van der Waals surface area contributed by atoms with Crippen molar-refractivity contribution in [3.63, 3.8) is 0 Å². The molecule has 18 heavy (non-hydrogen) atoms. The van der Waals surface area contributed by atoms with Gasteiger partial charge in [0.15, 0.2) is 5.60 Å². The SMILES string of the molecule is NC(=O)C(O)(c1ccccc1)C1CCC(F)(F)C1. The van der Waals surface area contributed by atoms with E-state index in [1.165, 1.54) is 12.1 Å². The molecule has 1 aliphatic rings. The van der Waals surface area contributed by atoms with E-state index >= 15 is 0 Å². The van der Waals surface area contributed by atoms with Gasteiger partial charge in [0.05, 0.1) is 0 Å². The fourth-order valence-corrected chi connectivity index (χ4v) is 2.58. The molecule has 98 valence electrons. The predicted octanol–water partition coefficient (Wildman–Crippen LogP) is 1.79. The molecule has 2 rings (SSSR count). The lowest BCUT2D eigenvalue weighted by Gasteiger charge is -2.31. The number of primary amides is 1. The minimum absolute atomic E-state index is 0.0847. The van der Waals surface area contributed by atoms with E-state index in [1.807, 2.05) is 0 Å². The molecule has 1 fully saturated rings. The Morgan fingerprint density at radius 1 is 1.39 bits per heavy atom. The van der Waals surface area contributed by atoms with E-state index in [0.717, 1.165) is 0 Å². The number of rotatable bonds is 3. The van der Waals surface area contributed by atoms with Gasteiger partial charge in [0.2, 0.25) is 5.92 Å². The van der Waals surface area contributed by atoms with Crippen molar-refractivity contribution in [2.75, 3.05) is 0 Å². The second-order valence-electron chi connectivity index (χ2n) is 4.79. The van der Waals surface area contributed by atoms with Crippen molar-refractivity contribution in [2.24, 2.45) is 11.7 Å². The molecule has 0 bridgehead atoms. The van der Waals surface area contributed by atoms with E-state index in [2.05, 4.69) is 0 Å². The van der Waals surface area contributed by atoms with Gasteiger partial charge < -0.3 is 10.8 Å². The number of benzene rings is 1. The molecule has 3 nitrogen and oxygen atoms in total. The molecule has 2 atom stereocenters. The zero-order chi connectivity index (χ0) is 13.4. The number of carbonyl (C=O) groups is 1. The zero-order valence-electron chi connectivity index (χ0n) is 9.77. The van der Waals surface area contributed by atoms with E-state index in [0.29, 0.717) is 0 Å². The van der Waals surface area contributed by atoms with Crippen molar-refractivity contribution in [1.29, 1.82) is 0 Å². The Morgan fingerprint density at radius 3 is 2.44 bits per heavy atom. The van der Waals surface area contributed by atoms with Crippen LogP contribution in [-0.4, -0.2) is 16.9 Å². The summed E-state index contributed by atoms with van der Waals surface area (Å²) >= 11 is 0. The van der Waals surface area contributed by atoms with E-state index in [1.54, 1.807) is 18.2 Å². The van der Waals surface area contributed by atoms with Gasteiger partial charge in [-0.3, -0.25) is 4.79 Å². The summed E-state index contributed by atoms with van der Waals surface area (Å²) in [6.07, 6.45) is -0.747. The van der Waals surface area contributed by atoms with Crippen LogP contribution in [0, 0.1) is 5.92 Å². The Balaban J connectivity index is 2.37. The normalized spacial score (nSPS) is 25.6. The van der Waals surface area contributed by atoms with Gasteiger partial charge >= 0.3 is 0 Å². The molecular weight excluding hydrogens is 240 g/mol. The van der Waals surface area contributed by atoms with Crippen LogP contribution in [0.15, 0.2) is 30.3 Å². The monoisotopic (exact) mass is 255 g/mol. The van der Waals surface area contributed by atoms with Crippen molar-refractivity contribution < 1.29 is 18.7 Å². The van der Waals surface area contributed by atoms with Gasteiger partial charge in [-0.25, -0.2) is 8.78 Å². The summed E-state index contributed by atoms with van der Waals surface area (Å²) in [6.45, 7) is 0. The van der Waals surface area contributed by atoms with Gasteiger partial charge in [0.1, 0.15) is 0 Å². The Kier molecular flexibility index (Phi) is 3.11. The number of nitrogens with two attached hydrogens (primary N) is 1. The summed E-state index contributed by atoms with van der Waals surface area (Å²) in [5.41, 5.74) is 3.50. The molecular formula is C13H15F2NO2. The number of hydrogen-bond donors (Lipinski definition) is 2. The minimum Gasteiger partial charge on any atom is -0.375 e. The maximum absolute atomic E-state index is 13.2. The van der Waals surface area contributed by atoms with E-state index in [-0.39, 0.29) is 18.4 Å². The molecule has 1 amide bonds. The van der Waals surface area contributed by atoms with Crippen molar-refractivity contribution in [1.82, 2.24) is 0 Å². The number of alkyl halides is 2. The fraction of sp³-hybridized carbons (Fsp3) is 0.462. The first-order valence-electron chi connectivity index (χ1n) is 5.82. The molecule has 1 aromatic rings. The highest BCUT2D eigenvalue weighted by molar-refractivity contribution is 5.85. The Bertz CT molecular complexity index is 450. The van der Waals surface area contributed by atoms with Gasteiger partial charge in [0, 0.05) is 18.8 Å². The average Bonchev–Trinajstić information content (AvgIpc) is 2.70. The van der Waals surface area contributed by atoms with Gasteiger partial charge in [-0.2, -0.15) is 0 Å². The zero-order valence-corrected chi connectivity index (χ0v) is 9.77. The van der Waals surface area contributed by atoms with Gasteiger partial charge in [0.25, 0.3) is 5.91 Å². The van der Waals surface area contributed by atoms with Crippen LogP contribution in [0.1, 0.15) is 24.8 Å². The summed E-state index contributed by atoms with van der Waals surface area (Å²) < 4.78 is 26.5. The number of carbonyl (C=O) groups excluding carboxylic acids is 1. The fourth-order valence-electron chi connectivity index (χ4n) is 2.58. The van der Waals surface area contributed by atoms with Crippen molar-refractivity contribution >= 4 is 5.91 Å². The Morgan fingerprint density at radius 2 is 2.00 bits per heavy atom. The smallest absolute Gasteiger partial charge is 0.254 e. The third-order valence-electron chi connectivity index (χ3n) is 3.58. The van der Waals surface area contributed by atoms with Crippen LogP contribution in [0.25, 0.3) is 0 Å². The summed E-state index contributed by atoms with van der Waals surface area (Å²) in [7, 11) is 0. The first-order valence-corrected chi connectivity index (χ1v) is 5.82. The Hall–Kier alpha value is -1.49. The lowest BCUT2D eigenvalue weighted by molar-refractivity contribution is -0.145. The molecule has 1 saturated carbocycles. The summed E-state index contributed by atoms with van der Waals surface area (Å²) in [6, 6.07) is 8.04. The number of amides is 1. The van der Waals surface area contributed by atoms with Crippen molar-refractivity contribution in [3.05, 3.63) is 35.9 Å². The third kappa shape index (κ3) is 2.10. The first-order chi connectivity index (χ1) is 8.36. The van der Waals surface area contributed by atoms with E-state index in [9.17, 15) is 18.7 Å². The molecule has 0 saturated heterocycles. The average molecular weight is 255 g/mol. The largest absolute Gasteiger partial charge is 0.375 e. The lowest BCUT2D eigenvalue weighted by atomic mass is 9.79. The second-order valence-corrected chi connectivity index (χ2v) is 4.79. The maximum atomic E-state index is 13.2. The summed E-state index contributed by atoms with van der Waals surface area (Å²) in [4.78, 5) is 11.5. The molecule has 0 heterocycles. The molecule has 0 aliphatic heterocycles. The molecule has 5 heteroatoms. The van der Waals surface area contributed by atoms with Crippen LogP contribution >= 0.6 is 0 Å². The van der Waals surface area contributed by atoms with Gasteiger partial charge in [-0.05, 0) is 12.0 Å².